The van der Waals surface area contributed by atoms with Crippen LogP contribution in [0.15, 0.2) is 54.6 Å². The summed E-state index contributed by atoms with van der Waals surface area (Å²) in [4.78, 5) is 19.5. The second kappa shape index (κ2) is 9.80. The predicted octanol–water partition coefficient (Wildman–Crippen LogP) is 3.21. The van der Waals surface area contributed by atoms with Crippen molar-refractivity contribution in [3.63, 3.8) is 0 Å². The summed E-state index contributed by atoms with van der Waals surface area (Å²) < 4.78 is 13.0. The Hall–Kier alpha value is -2.24. The number of carbonyl (C=O) groups excluding carboxylic acids is 1. The van der Waals surface area contributed by atoms with Gasteiger partial charge in [-0.3, -0.25) is 14.6 Å². The molecule has 1 heterocycles. The largest absolute Gasteiger partial charge is 0.338 e. The molecule has 0 aliphatic carbocycles. The van der Waals surface area contributed by atoms with E-state index in [0.717, 1.165) is 51.1 Å². The fraction of sp³-hybridized carbons (Fsp3) is 0.435. The summed E-state index contributed by atoms with van der Waals surface area (Å²) in [7, 11) is 3.92. The lowest BCUT2D eigenvalue weighted by Crippen LogP contribution is -2.51. The van der Waals surface area contributed by atoms with Crippen LogP contribution in [-0.2, 0) is 11.2 Å². The van der Waals surface area contributed by atoms with Crippen molar-refractivity contribution in [1.82, 2.24) is 14.7 Å². The van der Waals surface area contributed by atoms with Crippen LogP contribution >= 0.6 is 0 Å². The summed E-state index contributed by atoms with van der Waals surface area (Å²) >= 11 is 0. The lowest BCUT2D eigenvalue weighted by Gasteiger charge is -2.37. The van der Waals surface area contributed by atoms with Gasteiger partial charge < -0.3 is 4.90 Å². The quantitative estimate of drug-likeness (QED) is 0.735. The van der Waals surface area contributed by atoms with Gasteiger partial charge in [0.2, 0.25) is 5.91 Å². The second-order valence-corrected chi connectivity index (χ2v) is 7.67. The van der Waals surface area contributed by atoms with E-state index < -0.39 is 0 Å². The standard InChI is InChI=1S/C23H30FN3O/c1-25(2)22(20-8-4-3-5-9-20)23(28)27-17-15-26(16-18-27)14-6-7-19-10-12-21(24)13-11-19/h3-5,8-13,22H,6-7,14-18H2,1-2H3. The fourth-order valence-electron chi connectivity index (χ4n) is 3.82. The van der Waals surface area contributed by atoms with Crippen molar-refractivity contribution >= 4 is 5.91 Å². The van der Waals surface area contributed by atoms with Gasteiger partial charge >= 0.3 is 0 Å². The molecule has 3 rings (SSSR count). The maximum atomic E-state index is 13.1. The molecule has 1 saturated heterocycles. The Morgan fingerprint density at radius 1 is 1.00 bits per heavy atom. The van der Waals surface area contributed by atoms with Crippen molar-refractivity contribution in [3.05, 3.63) is 71.5 Å². The molecule has 0 spiro atoms. The molecule has 0 N–H and O–H groups in total. The molecule has 0 bridgehead atoms. The van der Waals surface area contributed by atoms with E-state index >= 15 is 0 Å². The molecule has 5 heteroatoms. The van der Waals surface area contributed by atoms with Crippen molar-refractivity contribution < 1.29 is 9.18 Å². The number of aryl methyl sites for hydroxylation is 1. The van der Waals surface area contributed by atoms with E-state index in [-0.39, 0.29) is 17.8 Å². The molecule has 0 saturated carbocycles. The molecule has 150 valence electrons. The maximum absolute atomic E-state index is 13.1. The van der Waals surface area contributed by atoms with Crippen LogP contribution in [0.1, 0.15) is 23.6 Å². The SMILES string of the molecule is CN(C)C(C(=O)N1CCN(CCCc2ccc(F)cc2)CC1)c1ccccc1. The van der Waals surface area contributed by atoms with Crippen molar-refractivity contribution in [1.29, 1.82) is 0 Å². The maximum Gasteiger partial charge on any atom is 0.244 e. The van der Waals surface area contributed by atoms with Crippen LogP contribution in [0.4, 0.5) is 4.39 Å². The third kappa shape index (κ3) is 5.40. The summed E-state index contributed by atoms with van der Waals surface area (Å²) in [5.74, 6) is -0.00164. The lowest BCUT2D eigenvalue weighted by molar-refractivity contribution is -0.138. The Bertz CT molecular complexity index is 740. The molecule has 1 fully saturated rings. The minimum absolute atomic E-state index is 0.183. The fourth-order valence-corrected chi connectivity index (χ4v) is 3.82. The number of rotatable bonds is 7. The first-order valence-electron chi connectivity index (χ1n) is 10.0. The summed E-state index contributed by atoms with van der Waals surface area (Å²) in [6.07, 6.45) is 2.00. The second-order valence-electron chi connectivity index (χ2n) is 7.67. The van der Waals surface area contributed by atoms with Crippen LogP contribution in [-0.4, -0.2) is 67.4 Å². The molecule has 1 aliphatic heterocycles. The number of likely N-dealkylation sites (N-methyl/N-ethyl adjacent to an activating group) is 1. The van der Waals surface area contributed by atoms with E-state index in [9.17, 15) is 9.18 Å². The van der Waals surface area contributed by atoms with Gasteiger partial charge in [0.25, 0.3) is 0 Å². The number of benzene rings is 2. The van der Waals surface area contributed by atoms with Gasteiger partial charge in [-0.1, -0.05) is 42.5 Å². The molecular formula is C23H30FN3O. The molecule has 1 unspecified atom stereocenters. The van der Waals surface area contributed by atoms with Gasteiger partial charge in [0.15, 0.2) is 0 Å². The Balaban J connectivity index is 1.47. The van der Waals surface area contributed by atoms with Crippen molar-refractivity contribution in [2.75, 3.05) is 46.8 Å². The molecule has 1 atom stereocenters. The highest BCUT2D eigenvalue weighted by Crippen LogP contribution is 2.21. The molecule has 0 radical (unpaired) electrons. The van der Waals surface area contributed by atoms with E-state index in [2.05, 4.69) is 4.90 Å². The van der Waals surface area contributed by atoms with E-state index in [0.29, 0.717) is 0 Å². The molecule has 1 amide bonds. The van der Waals surface area contributed by atoms with Gasteiger partial charge in [-0.15, -0.1) is 0 Å². The monoisotopic (exact) mass is 383 g/mol. The number of carbonyl (C=O) groups is 1. The Labute approximate surface area is 167 Å². The van der Waals surface area contributed by atoms with Crippen LogP contribution in [0.2, 0.25) is 0 Å². The van der Waals surface area contributed by atoms with Crippen molar-refractivity contribution in [2.24, 2.45) is 0 Å². The van der Waals surface area contributed by atoms with E-state index in [1.165, 1.54) is 17.7 Å². The minimum Gasteiger partial charge on any atom is -0.338 e. The van der Waals surface area contributed by atoms with Gasteiger partial charge in [-0.25, -0.2) is 4.39 Å². The summed E-state index contributed by atoms with van der Waals surface area (Å²) in [6.45, 7) is 4.36. The Morgan fingerprint density at radius 2 is 1.64 bits per heavy atom. The number of amides is 1. The molecule has 2 aromatic carbocycles. The zero-order chi connectivity index (χ0) is 19.9. The zero-order valence-corrected chi connectivity index (χ0v) is 16.9. The van der Waals surface area contributed by atoms with Gasteiger partial charge in [-0.05, 0) is 56.7 Å². The third-order valence-electron chi connectivity index (χ3n) is 5.40. The van der Waals surface area contributed by atoms with Gasteiger partial charge in [0, 0.05) is 26.2 Å². The number of halogens is 1. The third-order valence-corrected chi connectivity index (χ3v) is 5.40. The minimum atomic E-state index is -0.230. The number of hydrogen-bond acceptors (Lipinski definition) is 3. The topological polar surface area (TPSA) is 26.8 Å². The molecule has 2 aromatic rings. The van der Waals surface area contributed by atoms with Crippen LogP contribution in [0.3, 0.4) is 0 Å². The highest BCUT2D eigenvalue weighted by molar-refractivity contribution is 5.83. The van der Waals surface area contributed by atoms with Crippen LogP contribution in [0, 0.1) is 5.82 Å². The molecule has 28 heavy (non-hydrogen) atoms. The zero-order valence-electron chi connectivity index (χ0n) is 16.9. The van der Waals surface area contributed by atoms with Crippen LogP contribution in [0.5, 0.6) is 0 Å². The lowest BCUT2D eigenvalue weighted by atomic mass is 10.0. The summed E-state index contributed by atoms with van der Waals surface area (Å²) in [5, 5.41) is 0. The first-order chi connectivity index (χ1) is 13.5. The number of piperazine rings is 1. The van der Waals surface area contributed by atoms with Gasteiger partial charge in [0.05, 0.1) is 0 Å². The van der Waals surface area contributed by atoms with Crippen LogP contribution < -0.4 is 0 Å². The molecule has 4 nitrogen and oxygen atoms in total. The van der Waals surface area contributed by atoms with Crippen molar-refractivity contribution in [2.45, 2.75) is 18.9 Å². The number of nitrogens with zero attached hydrogens (tertiary/aromatic N) is 3. The number of hydrogen-bond donors (Lipinski definition) is 0. The Morgan fingerprint density at radius 3 is 2.25 bits per heavy atom. The molecular weight excluding hydrogens is 353 g/mol. The van der Waals surface area contributed by atoms with Crippen molar-refractivity contribution in [3.8, 4) is 0 Å². The highest BCUT2D eigenvalue weighted by Gasteiger charge is 2.29. The smallest absolute Gasteiger partial charge is 0.244 e. The average Bonchev–Trinajstić information content (AvgIpc) is 2.70. The van der Waals surface area contributed by atoms with Gasteiger partial charge in [-0.2, -0.15) is 0 Å². The van der Waals surface area contributed by atoms with Gasteiger partial charge in [0.1, 0.15) is 11.9 Å². The first kappa shape index (κ1) is 20.5. The van der Waals surface area contributed by atoms with E-state index in [1.807, 2.05) is 66.4 Å². The van der Waals surface area contributed by atoms with Crippen LogP contribution in [0.25, 0.3) is 0 Å². The summed E-state index contributed by atoms with van der Waals surface area (Å²) in [6, 6.07) is 16.5. The summed E-state index contributed by atoms with van der Waals surface area (Å²) in [5.41, 5.74) is 2.21. The Kier molecular flexibility index (Phi) is 7.18. The molecule has 1 aliphatic rings. The predicted molar refractivity (Wildman–Crippen MR) is 111 cm³/mol. The van der Waals surface area contributed by atoms with E-state index in [1.54, 1.807) is 0 Å². The first-order valence-corrected chi connectivity index (χ1v) is 10.0. The highest BCUT2D eigenvalue weighted by atomic mass is 19.1. The molecule has 0 aromatic heterocycles. The van der Waals surface area contributed by atoms with E-state index in [4.69, 9.17) is 0 Å². The average molecular weight is 384 g/mol. The normalized spacial score (nSPS) is 16.4.